The SMILES string of the molecule is CCc1ccc(-c2cccc3c2CCN3)cc1CC. The van der Waals surface area contributed by atoms with Gasteiger partial charge in [-0.15, -0.1) is 0 Å². The molecule has 0 aromatic heterocycles. The number of hydrogen-bond donors (Lipinski definition) is 1. The van der Waals surface area contributed by atoms with Crippen molar-refractivity contribution >= 4 is 5.69 Å². The maximum Gasteiger partial charge on any atom is 0.0379 e. The zero-order valence-electron chi connectivity index (χ0n) is 11.8. The molecule has 0 spiro atoms. The second kappa shape index (κ2) is 5.08. The van der Waals surface area contributed by atoms with Crippen LogP contribution in [-0.2, 0) is 19.3 Å². The van der Waals surface area contributed by atoms with Gasteiger partial charge in [-0.3, -0.25) is 0 Å². The Morgan fingerprint density at radius 2 is 1.84 bits per heavy atom. The van der Waals surface area contributed by atoms with E-state index in [0.29, 0.717) is 0 Å². The van der Waals surface area contributed by atoms with Crippen molar-refractivity contribution in [2.45, 2.75) is 33.1 Å². The molecule has 1 aliphatic rings. The molecule has 0 unspecified atom stereocenters. The van der Waals surface area contributed by atoms with Gasteiger partial charge in [-0.1, -0.05) is 44.2 Å². The van der Waals surface area contributed by atoms with Crippen molar-refractivity contribution in [3.05, 3.63) is 53.1 Å². The van der Waals surface area contributed by atoms with E-state index in [-0.39, 0.29) is 0 Å². The molecule has 2 aromatic carbocycles. The third kappa shape index (κ3) is 2.14. The first-order valence-corrected chi connectivity index (χ1v) is 7.31. The summed E-state index contributed by atoms with van der Waals surface area (Å²) >= 11 is 0. The summed E-state index contributed by atoms with van der Waals surface area (Å²) in [5.41, 5.74) is 8.54. The van der Waals surface area contributed by atoms with Crippen LogP contribution in [0, 0.1) is 0 Å². The van der Waals surface area contributed by atoms with E-state index < -0.39 is 0 Å². The van der Waals surface area contributed by atoms with Crippen LogP contribution in [0.15, 0.2) is 36.4 Å². The first-order valence-electron chi connectivity index (χ1n) is 7.31. The van der Waals surface area contributed by atoms with Crippen LogP contribution in [0.4, 0.5) is 5.69 Å². The van der Waals surface area contributed by atoms with Crippen molar-refractivity contribution in [2.75, 3.05) is 11.9 Å². The fraction of sp³-hybridized carbons (Fsp3) is 0.333. The summed E-state index contributed by atoms with van der Waals surface area (Å²) in [7, 11) is 0. The first-order chi connectivity index (χ1) is 9.33. The molecule has 0 radical (unpaired) electrons. The van der Waals surface area contributed by atoms with Gasteiger partial charge in [0.15, 0.2) is 0 Å². The average Bonchev–Trinajstić information content (AvgIpc) is 2.94. The molecule has 1 heteroatoms. The number of fused-ring (bicyclic) bond motifs is 1. The number of anilines is 1. The van der Waals surface area contributed by atoms with Gasteiger partial charge in [0, 0.05) is 12.2 Å². The second-order valence-corrected chi connectivity index (χ2v) is 5.20. The topological polar surface area (TPSA) is 12.0 Å². The number of hydrogen-bond acceptors (Lipinski definition) is 1. The Hall–Kier alpha value is -1.76. The van der Waals surface area contributed by atoms with Crippen molar-refractivity contribution in [1.82, 2.24) is 0 Å². The minimum absolute atomic E-state index is 1.07. The minimum atomic E-state index is 1.07. The van der Waals surface area contributed by atoms with Crippen LogP contribution in [-0.4, -0.2) is 6.54 Å². The van der Waals surface area contributed by atoms with Gasteiger partial charge in [0.1, 0.15) is 0 Å². The van der Waals surface area contributed by atoms with E-state index >= 15 is 0 Å². The Balaban J connectivity index is 2.10. The highest BCUT2D eigenvalue weighted by molar-refractivity contribution is 5.76. The van der Waals surface area contributed by atoms with Crippen LogP contribution in [0.5, 0.6) is 0 Å². The predicted octanol–water partition coefficient (Wildman–Crippen LogP) is 4.45. The molecular weight excluding hydrogens is 230 g/mol. The zero-order valence-corrected chi connectivity index (χ0v) is 11.8. The van der Waals surface area contributed by atoms with E-state index in [1.807, 2.05) is 0 Å². The zero-order chi connectivity index (χ0) is 13.2. The quantitative estimate of drug-likeness (QED) is 0.850. The van der Waals surface area contributed by atoms with E-state index in [9.17, 15) is 0 Å². The lowest BCUT2D eigenvalue weighted by molar-refractivity contribution is 1.04. The van der Waals surface area contributed by atoms with Gasteiger partial charge < -0.3 is 5.32 Å². The van der Waals surface area contributed by atoms with Crippen molar-refractivity contribution in [2.24, 2.45) is 0 Å². The molecule has 0 atom stereocenters. The molecule has 3 rings (SSSR count). The lowest BCUT2D eigenvalue weighted by Gasteiger charge is -2.12. The first kappa shape index (κ1) is 12.3. The normalized spacial score (nSPS) is 13.2. The molecule has 0 saturated heterocycles. The van der Waals surface area contributed by atoms with Gasteiger partial charge in [-0.2, -0.15) is 0 Å². The largest absolute Gasteiger partial charge is 0.384 e. The Labute approximate surface area is 115 Å². The summed E-state index contributed by atoms with van der Waals surface area (Å²) in [6.45, 7) is 5.55. The van der Waals surface area contributed by atoms with Crippen molar-refractivity contribution in [3.63, 3.8) is 0 Å². The summed E-state index contributed by atoms with van der Waals surface area (Å²) < 4.78 is 0. The van der Waals surface area contributed by atoms with E-state index in [2.05, 4.69) is 55.6 Å². The summed E-state index contributed by atoms with van der Waals surface area (Å²) in [4.78, 5) is 0. The number of benzene rings is 2. The molecule has 0 fully saturated rings. The fourth-order valence-electron chi connectivity index (χ4n) is 3.08. The van der Waals surface area contributed by atoms with Crippen LogP contribution in [0.1, 0.15) is 30.5 Å². The van der Waals surface area contributed by atoms with Gasteiger partial charge in [-0.25, -0.2) is 0 Å². The Bertz CT molecular complexity index is 599. The summed E-state index contributed by atoms with van der Waals surface area (Å²) in [5, 5.41) is 3.46. The molecule has 0 bridgehead atoms. The molecular formula is C18H21N. The number of aryl methyl sites for hydroxylation is 2. The highest BCUT2D eigenvalue weighted by Gasteiger charge is 2.15. The molecule has 19 heavy (non-hydrogen) atoms. The maximum absolute atomic E-state index is 3.46. The molecule has 1 aliphatic heterocycles. The summed E-state index contributed by atoms with van der Waals surface area (Å²) in [6, 6.07) is 13.6. The fourth-order valence-corrected chi connectivity index (χ4v) is 3.08. The summed E-state index contributed by atoms with van der Waals surface area (Å²) in [5.74, 6) is 0. The van der Waals surface area contributed by atoms with Crippen molar-refractivity contribution in [3.8, 4) is 11.1 Å². The molecule has 1 N–H and O–H groups in total. The molecule has 0 saturated carbocycles. The van der Waals surface area contributed by atoms with E-state index in [1.165, 1.54) is 33.5 Å². The maximum atomic E-state index is 3.46. The molecule has 1 heterocycles. The van der Waals surface area contributed by atoms with Crippen molar-refractivity contribution < 1.29 is 0 Å². The molecule has 98 valence electrons. The summed E-state index contributed by atoms with van der Waals surface area (Å²) in [6.07, 6.45) is 3.38. The van der Waals surface area contributed by atoms with Gasteiger partial charge >= 0.3 is 0 Å². The standard InChI is InChI=1S/C18H21N/c1-3-13-8-9-15(12-14(13)4-2)16-6-5-7-18-17(16)10-11-19-18/h5-9,12,19H,3-4,10-11H2,1-2H3. The monoisotopic (exact) mass is 251 g/mol. The third-order valence-electron chi connectivity index (χ3n) is 4.15. The van der Waals surface area contributed by atoms with Gasteiger partial charge in [0.05, 0.1) is 0 Å². The van der Waals surface area contributed by atoms with Crippen LogP contribution < -0.4 is 5.32 Å². The van der Waals surface area contributed by atoms with Gasteiger partial charge in [-0.05, 0) is 53.1 Å². The minimum Gasteiger partial charge on any atom is -0.384 e. The van der Waals surface area contributed by atoms with Crippen LogP contribution in [0.25, 0.3) is 11.1 Å². The van der Waals surface area contributed by atoms with Crippen molar-refractivity contribution in [1.29, 1.82) is 0 Å². The molecule has 2 aromatic rings. The van der Waals surface area contributed by atoms with Gasteiger partial charge in [0.25, 0.3) is 0 Å². The van der Waals surface area contributed by atoms with Crippen LogP contribution in [0.2, 0.25) is 0 Å². The Morgan fingerprint density at radius 3 is 2.63 bits per heavy atom. The third-order valence-corrected chi connectivity index (χ3v) is 4.15. The number of nitrogens with one attached hydrogen (secondary N) is 1. The lowest BCUT2D eigenvalue weighted by Crippen LogP contribution is -1.93. The predicted molar refractivity (Wildman–Crippen MR) is 82.8 cm³/mol. The highest BCUT2D eigenvalue weighted by Crippen LogP contribution is 2.33. The molecule has 1 nitrogen and oxygen atoms in total. The van der Waals surface area contributed by atoms with Crippen LogP contribution in [0.3, 0.4) is 0 Å². The van der Waals surface area contributed by atoms with E-state index in [1.54, 1.807) is 0 Å². The average molecular weight is 251 g/mol. The molecule has 0 aliphatic carbocycles. The van der Waals surface area contributed by atoms with Gasteiger partial charge in [0.2, 0.25) is 0 Å². The lowest BCUT2D eigenvalue weighted by atomic mass is 9.93. The second-order valence-electron chi connectivity index (χ2n) is 5.20. The van der Waals surface area contributed by atoms with E-state index in [0.717, 1.165) is 25.8 Å². The van der Waals surface area contributed by atoms with E-state index in [4.69, 9.17) is 0 Å². The molecule has 0 amide bonds. The highest BCUT2D eigenvalue weighted by atomic mass is 14.9. The smallest absolute Gasteiger partial charge is 0.0379 e. The Kier molecular flexibility index (Phi) is 3.29. The van der Waals surface area contributed by atoms with Crippen LogP contribution >= 0.6 is 0 Å². The number of rotatable bonds is 3. The Morgan fingerprint density at radius 1 is 1.00 bits per heavy atom.